The Morgan fingerprint density at radius 3 is 2.67 bits per heavy atom. The van der Waals surface area contributed by atoms with Crippen LogP contribution < -0.4 is 10.5 Å². The van der Waals surface area contributed by atoms with Gasteiger partial charge in [0.05, 0.1) is 16.4 Å². The number of benzene rings is 1. The zero-order chi connectivity index (χ0) is 15.7. The molecule has 6 nitrogen and oxygen atoms in total. The molecule has 21 heavy (non-hydrogen) atoms. The second-order valence-electron chi connectivity index (χ2n) is 5.09. The molecule has 1 aliphatic rings. The van der Waals surface area contributed by atoms with Crippen molar-refractivity contribution in [3.05, 3.63) is 28.2 Å². The Labute approximate surface area is 133 Å². The summed E-state index contributed by atoms with van der Waals surface area (Å²) in [5.74, 6) is 0.00638. The molecule has 1 aromatic carbocycles. The molecular weight excluding hydrogens is 380 g/mol. The molecule has 0 amide bonds. The summed E-state index contributed by atoms with van der Waals surface area (Å²) < 4.78 is 50.3. The van der Waals surface area contributed by atoms with Gasteiger partial charge in [0.1, 0.15) is 0 Å². The molecule has 1 aromatic rings. The van der Waals surface area contributed by atoms with E-state index in [0.717, 1.165) is 0 Å². The number of nitrogens with one attached hydrogen (secondary N) is 1. The summed E-state index contributed by atoms with van der Waals surface area (Å²) in [5.41, 5.74) is 6.23. The molecule has 1 heterocycles. The molecule has 1 aliphatic heterocycles. The van der Waals surface area contributed by atoms with Gasteiger partial charge in [-0.3, -0.25) is 0 Å². The molecule has 0 saturated carbocycles. The van der Waals surface area contributed by atoms with Crippen LogP contribution >= 0.6 is 15.9 Å². The fraction of sp³-hybridized carbons (Fsp3) is 0.500. The van der Waals surface area contributed by atoms with E-state index in [1.54, 1.807) is 12.1 Å². The van der Waals surface area contributed by atoms with Crippen molar-refractivity contribution in [3.63, 3.8) is 0 Å². The predicted molar refractivity (Wildman–Crippen MR) is 84.0 cm³/mol. The van der Waals surface area contributed by atoms with Crippen molar-refractivity contribution in [1.29, 1.82) is 0 Å². The van der Waals surface area contributed by atoms with Crippen molar-refractivity contribution in [2.24, 2.45) is 11.7 Å². The maximum absolute atomic E-state index is 12.3. The van der Waals surface area contributed by atoms with Crippen LogP contribution in [0.4, 0.5) is 0 Å². The zero-order valence-electron chi connectivity index (χ0n) is 11.2. The summed E-state index contributed by atoms with van der Waals surface area (Å²) in [6.07, 6.45) is 0.495. The van der Waals surface area contributed by atoms with E-state index in [0.29, 0.717) is 16.5 Å². The van der Waals surface area contributed by atoms with Crippen LogP contribution in [-0.4, -0.2) is 34.9 Å². The van der Waals surface area contributed by atoms with Crippen molar-refractivity contribution in [3.8, 4) is 0 Å². The Kier molecular flexibility index (Phi) is 5.09. The minimum Gasteiger partial charge on any atom is -0.326 e. The van der Waals surface area contributed by atoms with Gasteiger partial charge in [-0.05, 0) is 46.0 Å². The molecule has 1 atom stereocenters. The van der Waals surface area contributed by atoms with E-state index < -0.39 is 19.9 Å². The summed E-state index contributed by atoms with van der Waals surface area (Å²) in [5, 5.41) is 0. The van der Waals surface area contributed by atoms with E-state index in [-0.39, 0.29) is 35.4 Å². The van der Waals surface area contributed by atoms with Gasteiger partial charge in [0.2, 0.25) is 10.0 Å². The van der Waals surface area contributed by atoms with Crippen LogP contribution in [0.3, 0.4) is 0 Å². The van der Waals surface area contributed by atoms with E-state index in [4.69, 9.17) is 5.73 Å². The van der Waals surface area contributed by atoms with Gasteiger partial charge in [0.25, 0.3) is 0 Å². The Morgan fingerprint density at radius 1 is 1.38 bits per heavy atom. The quantitative estimate of drug-likeness (QED) is 0.758. The Bertz CT molecular complexity index is 732. The maximum Gasteiger partial charge on any atom is 0.241 e. The fourth-order valence-corrected chi connectivity index (χ4v) is 6.21. The zero-order valence-corrected chi connectivity index (χ0v) is 14.5. The van der Waals surface area contributed by atoms with Crippen molar-refractivity contribution in [2.75, 3.05) is 18.1 Å². The van der Waals surface area contributed by atoms with Gasteiger partial charge in [-0.25, -0.2) is 21.6 Å². The highest BCUT2D eigenvalue weighted by atomic mass is 79.9. The molecule has 3 N–H and O–H groups in total. The molecule has 1 saturated heterocycles. The summed E-state index contributed by atoms with van der Waals surface area (Å²) in [6.45, 7) is 0.373. The molecule has 0 radical (unpaired) electrons. The Hall–Kier alpha value is -0.480. The largest absolute Gasteiger partial charge is 0.326 e. The monoisotopic (exact) mass is 396 g/mol. The first kappa shape index (κ1) is 16.9. The minimum atomic E-state index is -3.70. The highest BCUT2D eigenvalue weighted by molar-refractivity contribution is 9.10. The normalized spacial score (nSPS) is 21.5. The first-order chi connectivity index (χ1) is 9.73. The SMILES string of the molecule is NCc1ccc(Br)c(S(=O)(=O)NCC2CCS(=O)(=O)C2)c1. The van der Waals surface area contributed by atoms with Gasteiger partial charge < -0.3 is 5.73 Å². The number of halogens is 1. The van der Waals surface area contributed by atoms with Crippen LogP contribution in [0.5, 0.6) is 0 Å². The van der Waals surface area contributed by atoms with E-state index in [9.17, 15) is 16.8 Å². The summed E-state index contributed by atoms with van der Waals surface area (Å²) >= 11 is 3.21. The number of nitrogens with two attached hydrogens (primary N) is 1. The number of hydrogen-bond donors (Lipinski definition) is 2. The van der Waals surface area contributed by atoms with E-state index in [1.807, 2.05) is 0 Å². The average Bonchev–Trinajstić information content (AvgIpc) is 2.76. The van der Waals surface area contributed by atoms with Crippen LogP contribution in [0.15, 0.2) is 27.6 Å². The van der Waals surface area contributed by atoms with Crippen LogP contribution in [0.2, 0.25) is 0 Å². The molecular formula is C12H17BrN2O4S2. The predicted octanol–water partition coefficient (Wildman–Crippen LogP) is 0.621. The van der Waals surface area contributed by atoms with Crippen molar-refractivity contribution < 1.29 is 16.8 Å². The van der Waals surface area contributed by atoms with Gasteiger partial charge in [0.15, 0.2) is 9.84 Å². The van der Waals surface area contributed by atoms with E-state index in [2.05, 4.69) is 20.7 Å². The molecule has 0 aliphatic carbocycles. The third-order valence-electron chi connectivity index (χ3n) is 3.41. The number of hydrogen-bond acceptors (Lipinski definition) is 5. The lowest BCUT2D eigenvalue weighted by Gasteiger charge is -2.12. The summed E-state index contributed by atoms with van der Waals surface area (Å²) in [4.78, 5) is 0.117. The lowest BCUT2D eigenvalue weighted by atomic mass is 10.1. The number of sulfonamides is 1. The Morgan fingerprint density at radius 2 is 2.10 bits per heavy atom. The molecule has 0 aromatic heterocycles. The topological polar surface area (TPSA) is 106 Å². The fourth-order valence-electron chi connectivity index (χ4n) is 2.22. The van der Waals surface area contributed by atoms with Gasteiger partial charge in [-0.1, -0.05) is 6.07 Å². The van der Waals surface area contributed by atoms with E-state index >= 15 is 0 Å². The molecule has 0 spiro atoms. The third-order valence-corrected chi connectivity index (χ3v) is 7.66. The molecule has 2 rings (SSSR count). The van der Waals surface area contributed by atoms with Gasteiger partial charge in [-0.15, -0.1) is 0 Å². The smallest absolute Gasteiger partial charge is 0.241 e. The minimum absolute atomic E-state index is 0.0412. The first-order valence-electron chi connectivity index (χ1n) is 6.42. The first-order valence-corrected chi connectivity index (χ1v) is 10.5. The second kappa shape index (κ2) is 6.33. The molecule has 118 valence electrons. The Balaban J connectivity index is 2.12. The molecule has 0 bridgehead atoms. The number of rotatable bonds is 5. The van der Waals surface area contributed by atoms with E-state index in [1.165, 1.54) is 6.07 Å². The van der Waals surface area contributed by atoms with Crippen LogP contribution in [0.25, 0.3) is 0 Å². The van der Waals surface area contributed by atoms with Crippen LogP contribution in [0, 0.1) is 5.92 Å². The maximum atomic E-state index is 12.3. The standard InChI is InChI=1S/C12H17BrN2O4S2/c13-11-2-1-9(6-14)5-12(11)21(18,19)15-7-10-3-4-20(16,17)8-10/h1-2,5,10,15H,3-4,6-8,14H2. The lowest BCUT2D eigenvalue weighted by molar-refractivity contribution is 0.543. The van der Waals surface area contributed by atoms with Crippen molar-refractivity contribution in [1.82, 2.24) is 4.72 Å². The van der Waals surface area contributed by atoms with Crippen molar-refractivity contribution in [2.45, 2.75) is 17.9 Å². The van der Waals surface area contributed by atoms with Crippen LogP contribution in [0.1, 0.15) is 12.0 Å². The van der Waals surface area contributed by atoms with Gasteiger partial charge >= 0.3 is 0 Å². The van der Waals surface area contributed by atoms with Crippen molar-refractivity contribution >= 4 is 35.8 Å². The second-order valence-corrected chi connectivity index (χ2v) is 9.91. The summed E-state index contributed by atoms with van der Waals surface area (Å²) in [6, 6.07) is 4.89. The average molecular weight is 397 g/mol. The highest BCUT2D eigenvalue weighted by Gasteiger charge is 2.29. The third kappa shape index (κ3) is 4.26. The summed E-state index contributed by atoms with van der Waals surface area (Å²) in [7, 11) is -6.70. The van der Waals surface area contributed by atoms with Crippen LogP contribution in [-0.2, 0) is 26.4 Å². The number of sulfone groups is 1. The molecule has 9 heteroatoms. The highest BCUT2D eigenvalue weighted by Crippen LogP contribution is 2.24. The molecule has 1 fully saturated rings. The van der Waals surface area contributed by atoms with Gasteiger partial charge in [-0.2, -0.15) is 0 Å². The lowest BCUT2D eigenvalue weighted by Crippen LogP contribution is -2.30. The van der Waals surface area contributed by atoms with Gasteiger partial charge in [0, 0.05) is 17.6 Å². The molecule has 1 unspecified atom stereocenters.